The van der Waals surface area contributed by atoms with E-state index in [1.54, 1.807) is 19.2 Å². The minimum Gasteiger partial charge on any atom is -0.496 e. The standard InChI is InChI=1S/C27H21NO3S/c1-31-24-15-12-21-17-20(18-7-3-2-4-8-18)11-14-23(21)26(24)27-22-10-6-5-9-19(22)13-16-25(27)32(28,29)30/h2-17H,1H3,(H2,28,29,30). The number of ether oxygens (including phenoxy) is 1. The van der Waals surface area contributed by atoms with Gasteiger partial charge in [0.2, 0.25) is 10.0 Å². The van der Waals surface area contributed by atoms with Gasteiger partial charge in [-0.3, -0.25) is 0 Å². The number of hydrogen-bond acceptors (Lipinski definition) is 3. The fourth-order valence-corrected chi connectivity index (χ4v) is 5.05. The third kappa shape index (κ3) is 3.42. The molecule has 32 heavy (non-hydrogen) atoms. The molecule has 5 aromatic carbocycles. The van der Waals surface area contributed by atoms with Crippen molar-refractivity contribution in [2.45, 2.75) is 4.90 Å². The second kappa shape index (κ2) is 7.79. The van der Waals surface area contributed by atoms with E-state index in [4.69, 9.17) is 9.88 Å². The molecule has 0 saturated carbocycles. The highest BCUT2D eigenvalue weighted by Crippen LogP contribution is 2.44. The number of rotatable bonds is 4. The summed E-state index contributed by atoms with van der Waals surface area (Å²) in [5.74, 6) is 0.589. The molecule has 0 aliphatic carbocycles. The lowest BCUT2D eigenvalue weighted by molar-refractivity contribution is 0.417. The van der Waals surface area contributed by atoms with Crippen molar-refractivity contribution in [2.24, 2.45) is 5.14 Å². The highest BCUT2D eigenvalue weighted by Gasteiger charge is 2.22. The zero-order valence-electron chi connectivity index (χ0n) is 17.4. The van der Waals surface area contributed by atoms with Crippen molar-refractivity contribution in [1.29, 1.82) is 0 Å². The molecule has 0 fully saturated rings. The summed E-state index contributed by atoms with van der Waals surface area (Å²) in [7, 11) is -2.39. The van der Waals surface area contributed by atoms with Crippen LogP contribution in [0.15, 0.2) is 102 Å². The van der Waals surface area contributed by atoms with Gasteiger partial charge in [0.25, 0.3) is 0 Å². The zero-order chi connectivity index (χ0) is 22.3. The average Bonchev–Trinajstić information content (AvgIpc) is 2.82. The first-order valence-electron chi connectivity index (χ1n) is 10.2. The van der Waals surface area contributed by atoms with Crippen LogP contribution in [0.3, 0.4) is 0 Å². The monoisotopic (exact) mass is 439 g/mol. The minimum atomic E-state index is -3.97. The molecule has 4 nitrogen and oxygen atoms in total. The fourth-order valence-electron chi connectivity index (χ4n) is 4.29. The SMILES string of the molecule is COc1ccc2cc(-c3ccccc3)ccc2c1-c1c(S(N)(=O)=O)ccc2ccccc12. The van der Waals surface area contributed by atoms with Crippen LogP contribution in [0.4, 0.5) is 0 Å². The van der Waals surface area contributed by atoms with Crippen molar-refractivity contribution in [3.05, 3.63) is 97.1 Å². The predicted octanol–water partition coefficient (Wildman–Crippen LogP) is 5.98. The predicted molar refractivity (Wildman–Crippen MR) is 130 cm³/mol. The summed E-state index contributed by atoms with van der Waals surface area (Å²) < 4.78 is 30.9. The van der Waals surface area contributed by atoms with Gasteiger partial charge in [-0.05, 0) is 50.9 Å². The van der Waals surface area contributed by atoms with Crippen molar-refractivity contribution in [3.8, 4) is 28.0 Å². The van der Waals surface area contributed by atoms with Gasteiger partial charge in [-0.15, -0.1) is 0 Å². The van der Waals surface area contributed by atoms with E-state index in [9.17, 15) is 8.42 Å². The average molecular weight is 440 g/mol. The Morgan fingerprint density at radius 1 is 0.656 bits per heavy atom. The van der Waals surface area contributed by atoms with Crippen LogP contribution in [0.1, 0.15) is 0 Å². The van der Waals surface area contributed by atoms with Crippen LogP contribution in [0.5, 0.6) is 5.75 Å². The number of sulfonamides is 1. The van der Waals surface area contributed by atoms with Crippen LogP contribution in [-0.2, 0) is 10.0 Å². The van der Waals surface area contributed by atoms with E-state index < -0.39 is 10.0 Å². The number of nitrogens with two attached hydrogens (primary N) is 1. The first kappa shape index (κ1) is 20.2. The summed E-state index contributed by atoms with van der Waals surface area (Å²) in [4.78, 5) is 0.0779. The highest BCUT2D eigenvalue weighted by atomic mass is 32.2. The molecule has 0 aromatic heterocycles. The van der Waals surface area contributed by atoms with Crippen molar-refractivity contribution in [1.82, 2.24) is 0 Å². The summed E-state index contributed by atoms with van der Waals surface area (Å²) in [5.41, 5.74) is 3.46. The largest absolute Gasteiger partial charge is 0.496 e. The van der Waals surface area contributed by atoms with E-state index in [0.717, 1.165) is 32.7 Å². The molecular weight excluding hydrogens is 418 g/mol. The molecule has 0 radical (unpaired) electrons. The van der Waals surface area contributed by atoms with Crippen LogP contribution in [0.2, 0.25) is 0 Å². The summed E-state index contributed by atoms with van der Waals surface area (Å²) in [5, 5.41) is 9.26. The molecule has 0 atom stereocenters. The molecule has 158 valence electrons. The Labute approximate surface area is 186 Å². The van der Waals surface area contributed by atoms with Crippen LogP contribution < -0.4 is 9.88 Å². The molecule has 5 heteroatoms. The topological polar surface area (TPSA) is 69.4 Å². The first-order chi connectivity index (χ1) is 15.5. The van der Waals surface area contributed by atoms with Gasteiger partial charge in [0, 0.05) is 11.1 Å². The lowest BCUT2D eigenvalue weighted by Gasteiger charge is -2.18. The van der Waals surface area contributed by atoms with Crippen molar-refractivity contribution in [3.63, 3.8) is 0 Å². The van der Waals surface area contributed by atoms with Crippen LogP contribution in [-0.4, -0.2) is 15.5 Å². The maximum atomic E-state index is 12.6. The van der Waals surface area contributed by atoms with Crippen LogP contribution in [0.25, 0.3) is 43.8 Å². The maximum absolute atomic E-state index is 12.6. The van der Waals surface area contributed by atoms with E-state index in [-0.39, 0.29) is 4.90 Å². The van der Waals surface area contributed by atoms with Gasteiger partial charge in [-0.1, -0.05) is 78.9 Å². The number of methoxy groups -OCH3 is 1. The fraction of sp³-hybridized carbons (Fsp3) is 0.0370. The summed E-state index contributed by atoms with van der Waals surface area (Å²) in [6.07, 6.45) is 0. The Balaban J connectivity index is 1.89. The molecule has 0 aliphatic rings. The Morgan fingerprint density at radius 2 is 1.34 bits per heavy atom. The highest BCUT2D eigenvalue weighted by molar-refractivity contribution is 7.89. The van der Waals surface area contributed by atoms with Gasteiger partial charge in [0.15, 0.2) is 0 Å². The molecular formula is C27H21NO3S. The lowest BCUT2D eigenvalue weighted by atomic mass is 9.91. The number of hydrogen-bond donors (Lipinski definition) is 1. The summed E-state index contributed by atoms with van der Waals surface area (Å²) in [6.45, 7) is 0. The van der Waals surface area contributed by atoms with E-state index in [0.29, 0.717) is 16.9 Å². The molecule has 0 aliphatic heterocycles. The van der Waals surface area contributed by atoms with E-state index in [1.807, 2.05) is 66.7 Å². The van der Waals surface area contributed by atoms with E-state index >= 15 is 0 Å². The Kier molecular flexibility index (Phi) is 4.93. The maximum Gasteiger partial charge on any atom is 0.238 e. The molecule has 2 N–H and O–H groups in total. The minimum absolute atomic E-state index is 0.0779. The summed E-state index contributed by atoms with van der Waals surface area (Å²) in [6, 6.07) is 31.2. The third-order valence-corrected chi connectivity index (χ3v) is 6.71. The Morgan fingerprint density at radius 3 is 2.09 bits per heavy atom. The molecule has 0 bridgehead atoms. The van der Waals surface area contributed by atoms with E-state index in [2.05, 4.69) is 18.2 Å². The molecule has 0 saturated heterocycles. The first-order valence-corrected chi connectivity index (χ1v) is 11.7. The van der Waals surface area contributed by atoms with Crippen molar-refractivity contribution >= 4 is 31.6 Å². The number of primary sulfonamides is 1. The normalized spacial score (nSPS) is 11.7. The van der Waals surface area contributed by atoms with Crippen molar-refractivity contribution < 1.29 is 13.2 Å². The zero-order valence-corrected chi connectivity index (χ0v) is 18.3. The van der Waals surface area contributed by atoms with Gasteiger partial charge in [0.05, 0.1) is 12.0 Å². The lowest BCUT2D eigenvalue weighted by Crippen LogP contribution is -2.14. The van der Waals surface area contributed by atoms with Gasteiger partial charge < -0.3 is 4.74 Å². The molecule has 5 rings (SSSR count). The number of benzene rings is 5. The van der Waals surface area contributed by atoms with Crippen LogP contribution in [0, 0.1) is 0 Å². The molecule has 0 heterocycles. The smallest absolute Gasteiger partial charge is 0.238 e. The third-order valence-electron chi connectivity index (χ3n) is 5.76. The van der Waals surface area contributed by atoms with E-state index in [1.165, 1.54) is 0 Å². The Hall–Kier alpha value is -3.67. The van der Waals surface area contributed by atoms with Gasteiger partial charge in [-0.25, -0.2) is 13.6 Å². The van der Waals surface area contributed by atoms with Gasteiger partial charge in [0.1, 0.15) is 5.75 Å². The molecule has 0 unspecified atom stereocenters. The van der Waals surface area contributed by atoms with Gasteiger partial charge in [-0.2, -0.15) is 0 Å². The molecule has 5 aromatic rings. The summed E-state index contributed by atoms with van der Waals surface area (Å²) >= 11 is 0. The second-order valence-electron chi connectivity index (χ2n) is 7.65. The van der Waals surface area contributed by atoms with Crippen LogP contribution >= 0.6 is 0 Å². The Bertz CT molecular complexity index is 1580. The quantitative estimate of drug-likeness (QED) is 0.374. The van der Waals surface area contributed by atoms with Gasteiger partial charge >= 0.3 is 0 Å². The van der Waals surface area contributed by atoms with Crippen molar-refractivity contribution in [2.75, 3.05) is 7.11 Å². The number of fused-ring (bicyclic) bond motifs is 2. The second-order valence-corrected chi connectivity index (χ2v) is 9.18. The molecule has 0 spiro atoms. The molecule has 0 amide bonds.